The number of aliphatic hydroxyl groups excluding tert-OH is 1. The lowest BCUT2D eigenvalue weighted by atomic mass is 10.0. The normalized spacial score (nSPS) is 13.3. The Labute approximate surface area is 122 Å². The van der Waals surface area contributed by atoms with E-state index in [-0.39, 0.29) is 5.82 Å². The minimum atomic E-state index is -0.910. The van der Waals surface area contributed by atoms with E-state index in [0.717, 1.165) is 0 Å². The molecule has 0 spiro atoms. The molecule has 21 heavy (non-hydrogen) atoms. The summed E-state index contributed by atoms with van der Waals surface area (Å²) in [5, 5.41) is 15.4. The van der Waals surface area contributed by atoms with Crippen molar-refractivity contribution in [2.45, 2.75) is 19.1 Å². The fraction of sp³-hybridized carbons (Fsp3) is 0.188. The zero-order valence-electron chi connectivity index (χ0n) is 11.6. The van der Waals surface area contributed by atoms with Gasteiger partial charge in [0.1, 0.15) is 5.82 Å². The zero-order chi connectivity index (χ0) is 15.2. The summed E-state index contributed by atoms with van der Waals surface area (Å²) in [4.78, 5) is 11.8. The number of halogens is 1. The first-order valence-corrected chi connectivity index (χ1v) is 6.62. The first-order valence-electron chi connectivity index (χ1n) is 6.62. The van der Waals surface area contributed by atoms with Crippen molar-refractivity contribution < 1.29 is 14.3 Å². The molecule has 0 radical (unpaired) electrons. The lowest BCUT2D eigenvalue weighted by Crippen LogP contribution is -2.39. The topological polar surface area (TPSA) is 61.4 Å². The van der Waals surface area contributed by atoms with Crippen molar-refractivity contribution in [2.75, 3.05) is 5.32 Å². The number of para-hydroxylation sites is 1. The van der Waals surface area contributed by atoms with Crippen LogP contribution in [0.3, 0.4) is 0 Å². The second kappa shape index (κ2) is 6.85. The predicted molar refractivity (Wildman–Crippen MR) is 79.4 cm³/mol. The van der Waals surface area contributed by atoms with Crippen molar-refractivity contribution in [2.24, 2.45) is 0 Å². The molecule has 2 rings (SSSR count). The van der Waals surface area contributed by atoms with Crippen LogP contribution >= 0.6 is 0 Å². The van der Waals surface area contributed by atoms with Crippen molar-refractivity contribution in [1.82, 2.24) is 5.32 Å². The van der Waals surface area contributed by atoms with Gasteiger partial charge in [0.15, 0.2) is 0 Å². The van der Waals surface area contributed by atoms with E-state index in [2.05, 4.69) is 10.6 Å². The van der Waals surface area contributed by atoms with Crippen LogP contribution in [0.1, 0.15) is 18.6 Å². The highest BCUT2D eigenvalue weighted by Gasteiger charge is 2.18. The maximum absolute atomic E-state index is 12.8. The number of benzene rings is 2. The van der Waals surface area contributed by atoms with Crippen LogP contribution in [0.25, 0.3) is 0 Å². The number of rotatable bonds is 4. The molecule has 4 nitrogen and oxygen atoms in total. The number of urea groups is 1. The first kappa shape index (κ1) is 15.0. The second-order valence-electron chi connectivity index (χ2n) is 4.75. The van der Waals surface area contributed by atoms with E-state index in [9.17, 15) is 14.3 Å². The van der Waals surface area contributed by atoms with Gasteiger partial charge in [0.25, 0.3) is 0 Å². The van der Waals surface area contributed by atoms with Gasteiger partial charge in [-0.2, -0.15) is 0 Å². The van der Waals surface area contributed by atoms with Gasteiger partial charge in [0, 0.05) is 5.69 Å². The van der Waals surface area contributed by atoms with Crippen molar-refractivity contribution in [1.29, 1.82) is 0 Å². The molecule has 0 aliphatic rings. The molecular formula is C16H17FN2O2. The van der Waals surface area contributed by atoms with E-state index in [1.807, 2.05) is 18.2 Å². The van der Waals surface area contributed by atoms with E-state index in [0.29, 0.717) is 11.3 Å². The molecule has 0 saturated heterocycles. The summed E-state index contributed by atoms with van der Waals surface area (Å²) >= 11 is 0. The lowest BCUT2D eigenvalue weighted by Gasteiger charge is -2.21. The third kappa shape index (κ3) is 4.29. The Morgan fingerprint density at radius 2 is 1.71 bits per heavy atom. The van der Waals surface area contributed by atoms with Crippen LogP contribution in [0.5, 0.6) is 0 Å². The predicted octanol–water partition coefficient (Wildman–Crippen LogP) is 3.07. The van der Waals surface area contributed by atoms with Crippen LogP contribution in [-0.2, 0) is 0 Å². The molecule has 0 unspecified atom stereocenters. The smallest absolute Gasteiger partial charge is 0.319 e. The molecule has 2 aromatic rings. The molecule has 3 N–H and O–H groups in total. The summed E-state index contributed by atoms with van der Waals surface area (Å²) < 4.78 is 12.8. The first-order chi connectivity index (χ1) is 10.1. The molecular weight excluding hydrogens is 271 g/mol. The maximum Gasteiger partial charge on any atom is 0.319 e. The van der Waals surface area contributed by atoms with Gasteiger partial charge in [-0.25, -0.2) is 9.18 Å². The fourth-order valence-electron chi connectivity index (χ4n) is 1.92. The second-order valence-corrected chi connectivity index (χ2v) is 4.75. The van der Waals surface area contributed by atoms with Gasteiger partial charge < -0.3 is 15.7 Å². The third-order valence-electron chi connectivity index (χ3n) is 3.08. The molecule has 0 heterocycles. The average molecular weight is 288 g/mol. The number of nitrogens with one attached hydrogen (secondary N) is 2. The van der Waals surface area contributed by atoms with E-state index >= 15 is 0 Å². The number of carbonyl (C=O) groups excluding carboxylic acids is 1. The largest absolute Gasteiger partial charge is 0.386 e. The van der Waals surface area contributed by atoms with Gasteiger partial charge in [-0.05, 0) is 36.8 Å². The van der Waals surface area contributed by atoms with Crippen LogP contribution in [-0.4, -0.2) is 17.2 Å². The number of anilines is 1. The van der Waals surface area contributed by atoms with Crippen LogP contribution in [0, 0.1) is 5.82 Å². The van der Waals surface area contributed by atoms with Crippen molar-refractivity contribution in [3.8, 4) is 0 Å². The van der Waals surface area contributed by atoms with Crippen LogP contribution in [0.2, 0.25) is 0 Å². The molecule has 110 valence electrons. The van der Waals surface area contributed by atoms with E-state index in [1.54, 1.807) is 19.1 Å². The molecule has 0 aliphatic heterocycles. The van der Waals surface area contributed by atoms with Crippen LogP contribution < -0.4 is 10.6 Å². The summed E-state index contributed by atoms with van der Waals surface area (Å²) in [6.07, 6.45) is -0.910. The third-order valence-corrected chi connectivity index (χ3v) is 3.08. The summed E-state index contributed by atoms with van der Waals surface area (Å²) in [5.74, 6) is -0.367. The van der Waals surface area contributed by atoms with Gasteiger partial charge in [0.2, 0.25) is 0 Å². The Morgan fingerprint density at radius 3 is 2.33 bits per heavy atom. The van der Waals surface area contributed by atoms with Crippen LogP contribution in [0.4, 0.5) is 14.9 Å². The Bertz CT molecular complexity index is 587. The average Bonchev–Trinajstić information content (AvgIpc) is 2.48. The van der Waals surface area contributed by atoms with Crippen molar-refractivity contribution in [3.05, 3.63) is 66.0 Å². The van der Waals surface area contributed by atoms with Crippen molar-refractivity contribution in [3.63, 3.8) is 0 Å². The Kier molecular flexibility index (Phi) is 4.90. The molecule has 2 amide bonds. The highest BCUT2D eigenvalue weighted by Crippen LogP contribution is 2.17. The SMILES string of the molecule is C[C@@H](NC(=O)Nc1ccccc1)[C@H](O)c1ccc(F)cc1. The quantitative estimate of drug-likeness (QED) is 0.809. The standard InChI is InChI=1S/C16H17FN2O2/c1-11(15(20)12-7-9-13(17)10-8-12)18-16(21)19-14-5-3-2-4-6-14/h2-11,15,20H,1H3,(H2,18,19,21)/t11-,15+/m1/s1. The fourth-order valence-corrected chi connectivity index (χ4v) is 1.92. The lowest BCUT2D eigenvalue weighted by molar-refractivity contribution is 0.139. The van der Waals surface area contributed by atoms with Crippen LogP contribution in [0.15, 0.2) is 54.6 Å². The molecule has 5 heteroatoms. The Balaban J connectivity index is 1.92. The van der Waals surface area contributed by atoms with Gasteiger partial charge in [-0.15, -0.1) is 0 Å². The molecule has 0 aliphatic carbocycles. The van der Waals surface area contributed by atoms with Gasteiger partial charge in [-0.3, -0.25) is 0 Å². The highest BCUT2D eigenvalue weighted by molar-refractivity contribution is 5.89. The highest BCUT2D eigenvalue weighted by atomic mass is 19.1. The van der Waals surface area contributed by atoms with Crippen molar-refractivity contribution >= 4 is 11.7 Å². The molecule has 0 fully saturated rings. The summed E-state index contributed by atoms with van der Waals surface area (Å²) in [7, 11) is 0. The maximum atomic E-state index is 12.8. The minimum absolute atomic E-state index is 0.367. The molecule has 2 aromatic carbocycles. The van der Waals surface area contributed by atoms with E-state index in [1.165, 1.54) is 24.3 Å². The van der Waals surface area contributed by atoms with Gasteiger partial charge in [0.05, 0.1) is 12.1 Å². The number of carbonyl (C=O) groups is 1. The number of aliphatic hydroxyl groups is 1. The van der Waals surface area contributed by atoms with E-state index in [4.69, 9.17) is 0 Å². The summed E-state index contributed by atoms with van der Waals surface area (Å²) in [6.45, 7) is 1.68. The molecule has 2 atom stereocenters. The summed E-state index contributed by atoms with van der Waals surface area (Å²) in [6, 6.07) is 13.6. The number of hydrogen-bond donors (Lipinski definition) is 3. The Morgan fingerprint density at radius 1 is 1.10 bits per heavy atom. The van der Waals surface area contributed by atoms with E-state index < -0.39 is 18.2 Å². The number of hydrogen-bond acceptors (Lipinski definition) is 2. The zero-order valence-corrected chi connectivity index (χ0v) is 11.6. The molecule has 0 aromatic heterocycles. The minimum Gasteiger partial charge on any atom is -0.386 e. The summed E-state index contributed by atoms with van der Waals surface area (Å²) in [5.41, 5.74) is 1.21. The number of amides is 2. The molecule has 0 saturated carbocycles. The monoisotopic (exact) mass is 288 g/mol. The van der Waals surface area contributed by atoms with Gasteiger partial charge >= 0.3 is 6.03 Å². The Hall–Kier alpha value is -2.40. The van der Waals surface area contributed by atoms with Gasteiger partial charge in [-0.1, -0.05) is 30.3 Å². The molecule has 0 bridgehead atoms.